The summed E-state index contributed by atoms with van der Waals surface area (Å²) in [6, 6.07) is -1.92. The van der Waals surface area contributed by atoms with Gasteiger partial charge >= 0.3 is 0 Å². The molecule has 0 aromatic rings. The van der Waals surface area contributed by atoms with E-state index in [0.717, 1.165) is 0 Å². The van der Waals surface area contributed by atoms with Gasteiger partial charge in [-0.1, -0.05) is 6.08 Å². The first-order valence-corrected chi connectivity index (χ1v) is 14.0. The maximum absolute atomic E-state index is 10.9. The molecule has 4 aliphatic rings. The Bertz CT molecular complexity index is 945. The molecule has 0 aromatic heterocycles. The summed E-state index contributed by atoms with van der Waals surface area (Å²) in [5, 5.41) is 117. The summed E-state index contributed by atoms with van der Waals surface area (Å²) in [6.07, 6.45) is -24.2. The average Bonchev–Trinajstić information content (AvgIpc) is 2.98. The van der Waals surface area contributed by atoms with E-state index in [-0.39, 0.29) is 0 Å². The quantitative estimate of drug-likeness (QED) is 0.111. The Kier molecular flexibility index (Phi) is 11.5. The Morgan fingerprint density at radius 3 is 1.79 bits per heavy atom. The Morgan fingerprint density at radius 2 is 1.21 bits per heavy atom. The van der Waals surface area contributed by atoms with Crippen LogP contribution in [0.4, 0.5) is 0 Å². The highest BCUT2D eigenvalue weighted by Gasteiger charge is 2.53. The molecule has 3 aliphatic heterocycles. The monoisotopic (exact) mass is 628 g/mol. The van der Waals surface area contributed by atoms with Crippen molar-refractivity contribution in [2.24, 2.45) is 5.73 Å². The minimum absolute atomic E-state index is 0.384. The van der Waals surface area contributed by atoms with Gasteiger partial charge in [0.2, 0.25) is 0 Å². The Balaban J connectivity index is 1.42. The van der Waals surface area contributed by atoms with Gasteiger partial charge in [0.15, 0.2) is 12.6 Å². The second-order valence-corrected chi connectivity index (χ2v) is 11.5. The van der Waals surface area contributed by atoms with Gasteiger partial charge < -0.3 is 90.9 Å². The van der Waals surface area contributed by atoms with Crippen LogP contribution >= 0.6 is 0 Å². The highest BCUT2D eigenvalue weighted by atomic mass is 16.7. The maximum atomic E-state index is 10.9. The summed E-state index contributed by atoms with van der Waals surface area (Å²) in [7, 11) is 0. The number of hydrogen-bond donors (Lipinski definition) is 13. The molecule has 0 amide bonds. The fourth-order valence-corrected chi connectivity index (χ4v) is 5.82. The molecule has 250 valence electrons. The molecule has 14 N–H and O–H groups in total. The van der Waals surface area contributed by atoms with Gasteiger partial charge in [-0.3, -0.25) is 0 Å². The molecule has 0 spiro atoms. The number of nitrogens with one attached hydrogen (secondary N) is 1. The van der Waals surface area contributed by atoms with Crippen molar-refractivity contribution in [2.45, 2.75) is 130 Å². The fraction of sp³-hybridized carbons (Fsp3) is 0.920. The second kappa shape index (κ2) is 14.2. The lowest BCUT2D eigenvalue weighted by Gasteiger charge is -2.48. The van der Waals surface area contributed by atoms with Crippen LogP contribution in [0.3, 0.4) is 0 Å². The van der Waals surface area contributed by atoms with E-state index in [0.29, 0.717) is 5.57 Å². The summed E-state index contributed by atoms with van der Waals surface area (Å²) in [5.74, 6) is 0. The number of nitrogens with two attached hydrogens (primary N) is 1. The van der Waals surface area contributed by atoms with Gasteiger partial charge in [0.1, 0.15) is 85.6 Å². The second-order valence-electron chi connectivity index (χ2n) is 11.5. The van der Waals surface area contributed by atoms with Crippen molar-refractivity contribution in [1.29, 1.82) is 0 Å². The van der Waals surface area contributed by atoms with Gasteiger partial charge in [-0.05, 0) is 19.4 Å². The van der Waals surface area contributed by atoms with Crippen LogP contribution in [-0.2, 0) is 23.7 Å². The van der Waals surface area contributed by atoms with Crippen LogP contribution in [0.5, 0.6) is 0 Å². The van der Waals surface area contributed by atoms with Crippen molar-refractivity contribution in [3.05, 3.63) is 11.6 Å². The third-order valence-electron chi connectivity index (χ3n) is 8.49. The van der Waals surface area contributed by atoms with Crippen LogP contribution < -0.4 is 11.1 Å². The van der Waals surface area contributed by atoms with E-state index >= 15 is 0 Å². The zero-order valence-electron chi connectivity index (χ0n) is 23.5. The number of aliphatic hydroxyl groups is 11. The standard InChI is InChI=1S/C25H44N2O16/c1-6-3-8(13(31)15(33)12(6)30)27-11-7(2)39-24(19(37)14(11)32)42-22-10(5-29)41-25(20(38)17(22)35)43-21-9(4-28)40-23(26)18(36)16(21)34/h3,7-25,27-38H,4-5,26H2,1-2H3/t7?,8-,9?,10?,11+,12+,13?,14?,15?,16?,17?,18?,19?,20?,21+,22+,23-,24+,25+/m1/s1. The summed E-state index contributed by atoms with van der Waals surface area (Å²) < 4.78 is 27.8. The molecule has 11 unspecified atom stereocenters. The summed E-state index contributed by atoms with van der Waals surface area (Å²) in [5.41, 5.74) is 5.97. The number of ether oxygens (including phenoxy) is 5. The molecule has 3 fully saturated rings. The molecule has 0 bridgehead atoms. The third-order valence-corrected chi connectivity index (χ3v) is 8.49. The zero-order chi connectivity index (χ0) is 31.9. The Morgan fingerprint density at radius 1 is 0.698 bits per heavy atom. The Labute approximate surface area is 246 Å². The van der Waals surface area contributed by atoms with Crippen LogP contribution in [0.25, 0.3) is 0 Å². The normalized spacial score (nSPS) is 53.0. The van der Waals surface area contributed by atoms with Gasteiger partial charge in [0.25, 0.3) is 0 Å². The molecule has 1 aliphatic carbocycles. The predicted molar refractivity (Wildman–Crippen MR) is 138 cm³/mol. The predicted octanol–water partition coefficient (Wildman–Crippen LogP) is -7.57. The van der Waals surface area contributed by atoms with E-state index in [1.54, 1.807) is 6.92 Å². The average molecular weight is 629 g/mol. The molecule has 4 rings (SSSR count). The van der Waals surface area contributed by atoms with Crippen LogP contribution in [-0.4, -0.2) is 186 Å². The van der Waals surface area contributed by atoms with Crippen LogP contribution in [0.1, 0.15) is 13.8 Å². The first-order valence-electron chi connectivity index (χ1n) is 14.0. The lowest BCUT2D eigenvalue weighted by atomic mass is 9.87. The number of hydrogen-bond acceptors (Lipinski definition) is 18. The first-order chi connectivity index (χ1) is 20.2. The molecule has 18 heteroatoms. The molecule has 43 heavy (non-hydrogen) atoms. The summed E-state index contributed by atoms with van der Waals surface area (Å²) in [4.78, 5) is 0. The van der Waals surface area contributed by atoms with E-state index in [1.165, 1.54) is 13.0 Å². The lowest BCUT2D eigenvalue weighted by Crippen LogP contribution is -2.68. The molecule has 19 atom stereocenters. The van der Waals surface area contributed by atoms with Gasteiger partial charge in [-0.2, -0.15) is 0 Å². The molecule has 0 aromatic carbocycles. The van der Waals surface area contributed by atoms with Crippen molar-refractivity contribution in [3.63, 3.8) is 0 Å². The van der Waals surface area contributed by atoms with Gasteiger partial charge in [-0.25, -0.2) is 0 Å². The summed E-state index contributed by atoms with van der Waals surface area (Å²) >= 11 is 0. The van der Waals surface area contributed by atoms with E-state index in [2.05, 4.69) is 5.32 Å². The smallest absolute Gasteiger partial charge is 0.187 e. The minimum Gasteiger partial charge on any atom is -0.394 e. The lowest BCUT2D eigenvalue weighted by molar-refractivity contribution is -0.367. The van der Waals surface area contributed by atoms with Gasteiger partial charge in [-0.15, -0.1) is 0 Å². The third kappa shape index (κ3) is 6.92. The number of rotatable bonds is 8. The molecule has 0 saturated carbocycles. The van der Waals surface area contributed by atoms with Gasteiger partial charge in [0.05, 0.1) is 31.4 Å². The van der Waals surface area contributed by atoms with Crippen molar-refractivity contribution >= 4 is 0 Å². The summed E-state index contributed by atoms with van der Waals surface area (Å²) in [6.45, 7) is 1.59. The van der Waals surface area contributed by atoms with Crippen molar-refractivity contribution in [1.82, 2.24) is 5.32 Å². The van der Waals surface area contributed by atoms with E-state index in [9.17, 15) is 56.2 Å². The Hall–Kier alpha value is -0.980. The van der Waals surface area contributed by atoms with Crippen LogP contribution in [0.15, 0.2) is 11.6 Å². The van der Waals surface area contributed by atoms with E-state index in [4.69, 9.17) is 29.4 Å². The molecular formula is C25H44N2O16. The van der Waals surface area contributed by atoms with Crippen molar-refractivity contribution < 1.29 is 79.9 Å². The molecule has 18 nitrogen and oxygen atoms in total. The van der Waals surface area contributed by atoms with Gasteiger partial charge in [0, 0.05) is 0 Å². The largest absolute Gasteiger partial charge is 0.394 e. The molecule has 3 saturated heterocycles. The highest BCUT2D eigenvalue weighted by molar-refractivity contribution is 5.20. The van der Waals surface area contributed by atoms with E-state index in [1.807, 2.05) is 0 Å². The van der Waals surface area contributed by atoms with E-state index < -0.39 is 130 Å². The molecule has 3 heterocycles. The number of aliphatic hydroxyl groups excluding tert-OH is 11. The first kappa shape index (κ1) is 34.9. The van der Waals surface area contributed by atoms with Crippen LogP contribution in [0, 0.1) is 0 Å². The van der Waals surface area contributed by atoms with Crippen molar-refractivity contribution in [3.8, 4) is 0 Å². The highest BCUT2D eigenvalue weighted by Crippen LogP contribution is 2.32. The molecule has 0 radical (unpaired) electrons. The maximum Gasteiger partial charge on any atom is 0.187 e. The fourth-order valence-electron chi connectivity index (χ4n) is 5.82. The van der Waals surface area contributed by atoms with Crippen molar-refractivity contribution in [2.75, 3.05) is 13.2 Å². The minimum atomic E-state index is -1.88. The zero-order valence-corrected chi connectivity index (χ0v) is 23.5. The van der Waals surface area contributed by atoms with Crippen LogP contribution in [0.2, 0.25) is 0 Å². The SMILES string of the molecule is CC1=C[C@@H](N[C@H]2C(C)O[C@@H](O[C@H]3C(CO)O[C@@H](O[C@H]4C(CO)O[C@@H](N)C(O)C4O)C(O)C3O)C(O)C2O)C(O)C(O)[C@H]1O. The molecular weight excluding hydrogens is 584 g/mol. The topological polar surface area (TPSA) is 307 Å².